The van der Waals surface area contributed by atoms with Crippen LogP contribution in [0.4, 0.5) is 0 Å². The van der Waals surface area contributed by atoms with Crippen molar-refractivity contribution in [1.29, 1.82) is 0 Å². The quantitative estimate of drug-likeness (QED) is 0.423. The summed E-state index contributed by atoms with van der Waals surface area (Å²) in [7, 11) is -1.73. The summed E-state index contributed by atoms with van der Waals surface area (Å²) < 4.78 is 12.9. The number of rotatable bonds is 8. The van der Waals surface area contributed by atoms with E-state index in [9.17, 15) is 0 Å². The van der Waals surface area contributed by atoms with Crippen LogP contribution in [0.5, 0.6) is 0 Å². The van der Waals surface area contributed by atoms with Crippen LogP contribution in [0.25, 0.3) is 0 Å². The molecule has 1 aliphatic heterocycles. The first-order valence-electron chi connectivity index (χ1n) is 8.65. The van der Waals surface area contributed by atoms with Crippen molar-refractivity contribution in [2.75, 3.05) is 0 Å². The molecule has 1 aliphatic rings. The van der Waals surface area contributed by atoms with Crippen molar-refractivity contribution in [3.8, 4) is 0 Å². The van der Waals surface area contributed by atoms with Crippen LogP contribution in [-0.4, -0.2) is 26.6 Å². The third kappa shape index (κ3) is 5.54. The fourth-order valence-corrected chi connectivity index (χ4v) is 4.03. The summed E-state index contributed by atoms with van der Waals surface area (Å²) in [5, 5.41) is 0.261. The van der Waals surface area contributed by atoms with Crippen LogP contribution in [0.2, 0.25) is 18.1 Å². The van der Waals surface area contributed by atoms with Gasteiger partial charge in [-0.25, -0.2) is 0 Å². The molecular weight excluding hydrogens is 276 g/mol. The van der Waals surface area contributed by atoms with Gasteiger partial charge in [-0.15, -0.1) is 6.58 Å². The zero-order valence-corrected chi connectivity index (χ0v) is 16.1. The van der Waals surface area contributed by atoms with Gasteiger partial charge in [-0.2, -0.15) is 0 Å². The molecule has 124 valence electrons. The van der Waals surface area contributed by atoms with Crippen molar-refractivity contribution >= 4 is 8.32 Å². The van der Waals surface area contributed by atoms with Gasteiger partial charge in [0.15, 0.2) is 8.32 Å². The lowest BCUT2D eigenvalue weighted by atomic mass is 10.0. The fourth-order valence-electron chi connectivity index (χ4n) is 2.65. The molecule has 0 spiro atoms. The molecular formula is C18H36O2Si. The summed E-state index contributed by atoms with van der Waals surface area (Å²) in [5.74, 6) is 0. The molecule has 0 aromatic rings. The minimum Gasteiger partial charge on any atom is -0.411 e. The summed E-state index contributed by atoms with van der Waals surface area (Å²) in [6.45, 7) is 17.7. The van der Waals surface area contributed by atoms with E-state index in [1.807, 2.05) is 6.08 Å². The van der Waals surface area contributed by atoms with Gasteiger partial charge in [-0.3, -0.25) is 0 Å². The van der Waals surface area contributed by atoms with Gasteiger partial charge in [-0.05, 0) is 43.8 Å². The SMILES string of the molecule is C=CCC1CC[C@@H]([C@H](CCCC)O[Si](C)(C)C(C)(C)C)O1. The molecule has 3 atom stereocenters. The molecule has 1 heterocycles. The number of hydrogen-bond acceptors (Lipinski definition) is 2. The standard InChI is InChI=1S/C18H36O2Si/c1-8-10-12-17(20-21(6,7)18(3,4)5)16-14-13-15(19-16)11-9-2/h9,15-17H,2,8,10-14H2,1,3-7H3/t15?,16-,17-/m0/s1. The van der Waals surface area contributed by atoms with Gasteiger partial charge in [0.25, 0.3) is 0 Å². The minimum absolute atomic E-state index is 0.261. The zero-order chi connectivity index (χ0) is 16.1. The molecule has 0 bridgehead atoms. The van der Waals surface area contributed by atoms with Crippen molar-refractivity contribution in [2.24, 2.45) is 0 Å². The highest BCUT2D eigenvalue weighted by Gasteiger charge is 2.42. The van der Waals surface area contributed by atoms with Gasteiger partial charge < -0.3 is 9.16 Å². The average molecular weight is 313 g/mol. The molecule has 0 aliphatic carbocycles. The third-order valence-corrected chi connectivity index (χ3v) is 9.58. The molecule has 1 unspecified atom stereocenters. The zero-order valence-electron chi connectivity index (χ0n) is 15.1. The normalized spacial score (nSPS) is 25.0. The molecule has 0 amide bonds. The molecule has 1 rings (SSSR count). The summed E-state index contributed by atoms with van der Waals surface area (Å²) in [6, 6.07) is 0. The van der Waals surface area contributed by atoms with Crippen LogP contribution in [-0.2, 0) is 9.16 Å². The first-order valence-corrected chi connectivity index (χ1v) is 11.6. The van der Waals surface area contributed by atoms with E-state index in [1.165, 1.54) is 12.8 Å². The molecule has 1 saturated heterocycles. The van der Waals surface area contributed by atoms with Crippen molar-refractivity contribution in [1.82, 2.24) is 0 Å². The molecule has 1 fully saturated rings. The monoisotopic (exact) mass is 312 g/mol. The molecule has 0 saturated carbocycles. The van der Waals surface area contributed by atoms with E-state index in [4.69, 9.17) is 9.16 Å². The predicted octanol–water partition coefficient (Wildman–Crippen LogP) is 5.69. The average Bonchev–Trinajstić information content (AvgIpc) is 2.82. The molecule has 0 N–H and O–H groups in total. The number of unbranched alkanes of at least 4 members (excludes halogenated alkanes) is 1. The van der Waals surface area contributed by atoms with Gasteiger partial charge in [0, 0.05) is 0 Å². The van der Waals surface area contributed by atoms with Gasteiger partial charge in [0.1, 0.15) is 0 Å². The van der Waals surface area contributed by atoms with Crippen LogP contribution in [0.3, 0.4) is 0 Å². The van der Waals surface area contributed by atoms with Crippen LogP contribution in [0, 0.1) is 0 Å². The van der Waals surface area contributed by atoms with E-state index in [0.29, 0.717) is 6.10 Å². The Kier molecular flexibility index (Phi) is 7.15. The second-order valence-electron chi connectivity index (χ2n) is 7.96. The lowest BCUT2D eigenvalue weighted by Crippen LogP contribution is -2.47. The maximum Gasteiger partial charge on any atom is 0.192 e. The lowest BCUT2D eigenvalue weighted by molar-refractivity contribution is -0.0307. The first-order chi connectivity index (χ1) is 9.71. The van der Waals surface area contributed by atoms with Crippen LogP contribution >= 0.6 is 0 Å². The van der Waals surface area contributed by atoms with Crippen molar-refractivity contribution in [3.05, 3.63) is 12.7 Å². The third-order valence-electron chi connectivity index (χ3n) is 5.08. The Labute approximate surface area is 133 Å². The summed E-state index contributed by atoms with van der Waals surface area (Å²) in [5.41, 5.74) is 0. The highest BCUT2D eigenvalue weighted by molar-refractivity contribution is 6.74. The topological polar surface area (TPSA) is 18.5 Å². The number of hydrogen-bond donors (Lipinski definition) is 0. The summed E-state index contributed by atoms with van der Waals surface area (Å²) in [6.07, 6.45) is 9.75. The highest BCUT2D eigenvalue weighted by Crippen LogP contribution is 2.39. The van der Waals surface area contributed by atoms with E-state index in [1.54, 1.807) is 0 Å². The Balaban J connectivity index is 2.70. The highest BCUT2D eigenvalue weighted by atomic mass is 28.4. The Bertz CT molecular complexity index is 320. The molecule has 21 heavy (non-hydrogen) atoms. The molecule has 0 aromatic heterocycles. The van der Waals surface area contributed by atoms with Gasteiger partial charge in [-0.1, -0.05) is 46.6 Å². The van der Waals surface area contributed by atoms with Crippen molar-refractivity contribution in [3.63, 3.8) is 0 Å². The van der Waals surface area contributed by atoms with E-state index in [-0.39, 0.29) is 17.2 Å². The Morgan fingerprint density at radius 1 is 1.33 bits per heavy atom. The predicted molar refractivity (Wildman–Crippen MR) is 94.3 cm³/mol. The second-order valence-corrected chi connectivity index (χ2v) is 12.7. The Morgan fingerprint density at radius 2 is 2.00 bits per heavy atom. The maximum absolute atomic E-state index is 6.70. The van der Waals surface area contributed by atoms with Crippen LogP contribution < -0.4 is 0 Å². The van der Waals surface area contributed by atoms with E-state index in [0.717, 1.165) is 25.7 Å². The van der Waals surface area contributed by atoms with Crippen LogP contribution in [0.15, 0.2) is 12.7 Å². The van der Waals surface area contributed by atoms with E-state index < -0.39 is 8.32 Å². The lowest BCUT2D eigenvalue weighted by Gasteiger charge is -2.41. The summed E-state index contributed by atoms with van der Waals surface area (Å²) >= 11 is 0. The first kappa shape index (κ1) is 18.9. The Hall–Kier alpha value is -0.123. The fraction of sp³-hybridized carbons (Fsp3) is 0.889. The minimum atomic E-state index is -1.73. The van der Waals surface area contributed by atoms with E-state index in [2.05, 4.69) is 47.4 Å². The molecule has 2 nitrogen and oxygen atoms in total. The molecule has 0 radical (unpaired) electrons. The largest absolute Gasteiger partial charge is 0.411 e. The maximum atomic E-state index is 6.70. The van der Waals surface area contributed by atoms with Gasteiger partial charge in [0.05, 0.1) is 18.3 Å². The van der Waals surface area contributed by atoms with Gasteiger partial charge in [0.2, 0.25) is 0 Å². The molecule has 0 aromatic carbocycles. The van der Waals surface area contributed by atoms with Crippen molar-refractivity contribution < 1.29 is 9.16 Å². The van der Waals surface area contributed by atoms with E-state index >= 15 is 0 Å². The Morgan fingerprint density at radius 3 is 2.52 bits per heavy atom. The smallest absolute Gasteiger partial charge is 0.192 e. The second kappa shape index (κ2) is 7.93. The van der Waals surface area contributed by atoms with Crippen LogP contribution in [0.1, 0.15) is 66.2 Å². The molecule has 3 heteroatoms. The van der Waals surface area contributed by atoms with Crippen molar-refractivity contribution in [2.45, 2.75) is 103 Å². The summed E-state index contributed by atoms with van der Waals surface area (Å²) in [4.78, 5) is 0. The number of ether oxygens (including phenoxy) is 1. The van der Waals surface area contributed by atoms with Gasteiger partial charge >= 0.3 is 0 Å².